The minimum absolute atomic E-state index is 0.0979. The first-order valence-corrected chi connectivity index (χ1v) is 14.9. The number of allylic oxidation sites excluding steroid dienone is 2. The highest BCUT2D eigenvalue weighted by Crippen LogP contribution is 2.17. The van der Waals surface area contributed by atoms with Crippen LogP contribution in [0.4, 0.5) is 0 Å². The zero-order chi connectivity index (χ0) is 27.6. The van der Waals surface area contributed by atoms with Gasteiger partial charge in [-0.1, -0.05) is 89.7 Å². The quantitative estimate of drug-likeness (QED) is 0.0724. The van der Waals surface area contributed by atoms with Gasteiger partial charge in [0.1, 0.15) is 0 Å². The second-order valence-corrected chi connectivity index (χ2v) is 10.6. The molecule has 0 amide bonds. The molecule has 0 radical (unpaired) electrons. The van der Waals surface area contributed by atoms with E-state index in [1.807, 2.05) is 0 Å². The maximum Gasteiger partial charge on any atom is 0.309 e. The molecule has 0 heterocycles. The first kappa shape index (κ1) is 35.1. The molecule has 2 N–H and O–H groups in total. The molecule has 0 aliphatic rings. The predicted octanol–water partition coefficient (Wildman–Crippen LogP) is 6.10. The molecular weight excluding hydrogens is 470 g/mol. The molecule has 7 heteroatoms. The minimum Gasteiger partial charge on any atom is -0.550 e. The Balaban J connectivity index is 3.98. The maximum absolute atomic E-state index is 11.1. The average Bonchev–Trinajstić information content (AvgIpc) is 2.85. The lowest BCUT2D eigenvalue weighted by atomic mass is 10.1. The molecule has 0 aliphatic heterocycles. The third-order valence-corrected chi connectivity index (χ3v) is 7.28. The van der Waals surface area contributed by atoms with Crippen LogP contribution in [-0.4, -0.2) is 58.8 Å². The summed E-state index contributed by atoms with van der Waals surface area (Å²) in [6.45, 7) is 3.59. The second-order valence-electron chi connectivity index (χ2n) is 10.6. The molecule has 0 aliphatic carbocycles. The highest BCUT2D eigenvalue weighted by molar-refractivity contribution is 5.67. The molecule has 0 spiro atoms. The largest absolute Gasteiger partial charge is 0.550 e. The van der Waals surface area contributed by atoms with Gasteiger partial charge in [-0.3, -0.25) is 9.59 Å². The molecule has 0 unspecified atom stereocenters. The van der Waals surface area contributed by atoms with E-state index in [0.717, 1.165) is 32.1 Å². The smallest absolute Gasteiger partial charge is 0.309 e. The number of carboxylic acid groups (broad SMARTS) is 3. The topological polar surface area (TPSA) is 115 Å². The fourth-order valence-electron chi connectivity index (χ4n) is 4.89. The summed E-state index contributed by atoms with van der Waals surface area (Å²) in [5.74, 6) is -3.09. The Hall–Kier alpha value is -1.89. The number of quaternary nitrogens is 1. The van der Waals surface area contributed by atoms with Crippen LogP contribution in [0.5, 0.6) is 0 Å². The van der Waals surface area contributed by atoms with Crippen molar-refractivity contribution < 1.29 is 34.2 Å². The third-order valence-electron chi connectivity index (χ3n) is 7.28. The van der Waals surface area contributed by atoms with Gasteiger partial charge in [0.25, 0.3) is 0 Å². The Labute approximate surface area is 225 Å². The van der Waals surface area contributed by atoms with E-state index < -0.39 is 17.9 Å². The summed E-state index contributed by atoms with van der Waals surface area (Å²) in [5, 5.41) is 29.2. The van der Waals surface area contributed by atoms with Gasteiger partial charge < -0.3 is 24.6 Å². The number of hydrogen-bond acceptors (Lipinski definition) is 4. The van der Waals surface area contributed by atoms with Gasteiger partial charge in [0.2, 0.25) is 0 Å². The molecule has 216 valence electrons. The van der Waals surface area contributed by atoms with E-state index in [9.17, 15) is 19.5 Å². The third kappa shape index (κ3) is 24.2. The molecule has 0 bridgehead atoms. The lowest BCUT2D eigenvalue weighted by Gasteiger charge is -2.38. The van der Waals surface area contributed by atoms with E-state index in [-0.39, 0.29) is 43.4 Å². The zero-order valence-corrected chi connectivity index (χ0v) is 23.6. The van der Waals surface area contributed by atoms with Gasteiger partial charge in [0, 0.05) is 12.4 Å². The zero-order valence-electron chi connectivity index (χ0n) is 23.6. The van der Waals surface area contributed by atoms with Crippen molar-refractivity contribution in [2.24, 2.45) is 0 Å². The summed E-state index contributed by atoms with van der Waals surface area (Å²) >= 11 is 0. The Morgan fingerprint density at radius 3 is 1.35 bits per heavy atom. The van der Waals surface area contributed by atoms with Crippen molar-refractivity contribution in [2.75, 3.05) is 26.2 Å². The number of aliphatic carboxylic acids is 3. The summed E-state index contributed by atoms with van der Waals surface area (Å²) in [5.41, 5.74) is 0. The minimum atomic E-state index is -1.18. The van der Waals surface area contributed by atoms with Gasteiger partial charge in [-0.05, 0) is 38.5 Å². The predicted molar refractivity (Wildman–Crippen MR) is 147 cm³/mol. The molecular formula is C30H55NO6. The van der Waals surface area contributed by atoms with Crippen molar-refractivity contribution in [3.8, 4) is 0 Å². The summed E-state index contributed by atoms with van der Waals surface area (Å²) < 4.78 is 0.219. The van der Waals surface area contributed by atoms with E-state index in [4.69, 9.17) is 10.2 Å². The van der Waals surface area contributed by atoms with Crippen molar-refractivity contribution in [1.29, 1.82) is 0 Å². The molecule has 0 rings (SSSR count). The molecule has 0 saturated heterocycles. The Bertz CT molecular complexity index is 574. The normalized spacial score (nSPS) is 11.8. The van der Waals surface area contributed by atoms with Crippen molar-refractivity contribution in [2.45, 2.75) is 135 Å². The summed E-state index contributed by atoms with van der Waals surface area (Å²) in [4.78, 5) is 33.2. The highest BCUT2D eigenvalue weighted by Gasteiger charge is 2.28. The Morgan fingerprint density at radius 1 is 0.568 bits per heavy atom. The van der Waals surface area contributed by atoms with E-state index in [0.29, 0.717) is 6.54 Å². The first-order chi connectivity index (χ1) is 17.8. The first-order valence-electron chi connectivity index (χ1n) is 14.9. The standard InChI is InChI=1S/C30H55NO6/c1-2-3-4-5-6-7-8-9-10-11-12-13-14-15-16-17-18-19-20-24-31(25-21-28(32)33,26-22-29(34)35)27-23-30(36)37/h12-13H,2-11,14-27H2,1H3,(H2-,32,33,34,35,36,37)/b13-12+. The molecule has 7 nitrogen and oxygen atoms in total. The van der Waals surface area contributed by atoms with Crippen LogP contribution in [-0.2, 0) is 14.4 Å². The van der Waals surface area contributed by atoms with E-state index in [1.54, 1.807) is 0 Å². The van der Waals surface area contributed by atoms with Crippen LogP contribution in [0.1, 0.15) is 135 Å². The maximum atomic E-state index is 11.1. The van der Waals surface area contributed by atoms with Gasteiger partial charge >= 0.3 is 11.9 Å². The van der Waals surface area contributed by atoms with E-state index in [2.05, 4.69) is 19.1 Å². The number of rotatable bonds is 28. The fraction of sp³-hybridized carbons (Fsp3) is 0.833. The monoisotopic (exact) mass is 525 g/mol. The molecule has 0 atom stereocenters. The second kappa shape index (κ2) is 24.4. The molecule has 0 fully saturated rings. The van der Waals surface area contributed by atoms with Crippen molar-refractivity contribution in [3.63, 3.8) is 0 Å². The molecule has 0 aromatic heterocycles. The van der Waals surface area contributed by atoms with Crippen LogP contribution in [0.15, 0.2) is 12.2 Å². The van der Waals surface area contributed by atoms with Gasteiger partial charge in [-0.15, -0.1) is 0 Å². The fourth-order valence-corrected chi connectivity index (χ4v) is 4.89. The molecule has 0 aromatic rings. The summed E-state index contributed by atoms with van der Waals surface area (Å²) in [6.07, 6.45) is 25.3. The number of carboxylic acids is 3. The van der Waals surface area contributed by atoms with E-state index >= 15 is 0 Å². The van der Waals surface area contributed by atoms with Gasteiger partial charge in [-0.25, -0.2) is 0 Å². The van der Waals surface area contributed by atoms with Crippen LogP contribution in [0.3, 0.4) is 0 Å². The summed E-state index contributed by atoms with van der Waals surface area (Å²) in [7, 11) is 0. The molecule has 37 heavy (non-hydrogen) atoms. The number of nitrogens with zero attached hydrogens (tertiary/aromatic N) is 1. The molecule has 0 aromatic carbocycles. The van der Waals surface area contributed by atoms with E-state index in [1.165, 1.54) is 77.0 Å². The van der Waals surface area contributed by atoms with Gasteiger partial charge in [-0.2, -0.15) is 0 Å². The van der Waals surface area contributed by atoms with Crippen LogP contribution in [0.2, 0.25) is 0 Å². The van der Waals surface area contributed by atoms with Crippen molar-refractivity contribution in [3.05, 3.63) is 12.2 Å². The molecule has 0 saturated carbocycles. The van der Waals surface area contributed by atoms with Crippen molar-refractivity contribution in [1.82, 2.24) is 0 Å². The van der Waals surface area contributed by atoms with Gasteiger partial charge in [0.15, 0.2) is 0 Å². The average molecular weight is 526 g/mol. The number of carbonyl (C=O) groups excluding carboxylic acids is 1. The van der Waals surface area contributed by atoms with Crippen LogP contribution < -0.4 is 5.11 Å². The van der Waals surface area contributed by atoms with Crippen LogP contribution in [0, 0.1) is 0 Å². The highest BCUT2D eigenvalue weighted by atomic mass is 16.4. The number of hydrogen-bond donors (Lipinski definition) is 2. The SMILES string of the molecule is CCCCCCCCCCC/C=C/CCCCCCCC[N+](CCC(=O)[O-])(CCC(=O)O)CCC(=O)O. The lowest BCUT2D eigenvalue weighted by molar-refractivity contribution is -0.927. The Morgan fingerprint density at radius 2 is 0.946 bits per heavy atom. The summed E-state index contributed by atoms with van der Waals surface area (Å²) in [6, 6.07) is 0. The van der Waals surface area contributed by atoms with Crippen LogP contribution >= 0.6 is 0 Å². The lowest BCUT2D eigenvalue weighted by Crippen LogP contribution is -2.53. The Kier molecular flexibility index (Phi) is 23.2. The van der Waals surface area contributed by atoms with Crippen LogP contribution in [0.25, 0.3) is 0 Å². The number of carbonyl (C=O) groups is 3. The van der Waals surface area contributed by atoms with Gasteiger partial charge in [0.05, 0.1) is 39.0 Å². The number of unbranched alkanes of at least 4 members (excludes halogenated alkanes) is 15. The van der Waals surface area contributed by atoms with Crippen molar-refractivity contribution >= 4 is 17.9 Å².